The number of benzene rings is 1. The monoisotopic (exact) mass is 256 g/mol. The van der Waals surface area contributed by atoms with Gasteiger partial charge >= 0.3 is 0 Å². The van der Waals surface area contributed by atoms with Gasteiger partial charge in [0, 0.05) is 17.1 Å². The quantitative estimate of drug-likeness (QED) is 0.867. The molecule has 0 bridgehead atoms. The number of fused-ring (bicyclic) bond motifs is 1. The van der Waals surface area contributed by atoms with E-state index in [2.05, 4.69) is 40.6 Å². The van der Waals surface area contributed by atoms with Gasteiger partial charge < -0.3 is 10.4 Å². The van der Waals surface area contributed by atoms with Crippen molar-refractivity contribution in [1.82, 2.24) is 4.98 Å². The number of hydrogen-bond donors (Lipinski definition) is 2. The zero-order valence-corrected chi connectivity index (χ0v) is 11.3. The minimum Gasteiger partial charge on any atom is -0.393 e. The topological polar surface area (TPSA) is 45.1 Å². The number of anilines is 1. The van der Waals surface area contributed by atoms with E-state index in [4.69, 9.17) is 0 Å². The first-order valence-corrected chi connectivity index (χ1v) is 7.03. The first-order chi connectivity index (χ1) is 9.22. The lowest BCUT2D eigenvalue weighted by molar-refractivity contribution is 0.126. The van der Waals surface area contributed by atoms with E-state index in [9.17, 15) is 5.11 Å². The van der Waals surface area contributed by atoms with E-state index in [0.29, 0.717) is 6.04 Å². The predicted octanol–water partition coefficient (Wildman–Crippen LogP) is 3.26. The summed E-state index contributed by atoms with van der Waals surface area (Å²) in [7, 11) is 0. The van der Waals surface area contributed by atoms with E-state index in [0.717, 1.165) is 37.2 Å². The molecule has 2 N–H and O–H groups in total. The van der Waals surface area contributed by atoms with Gasteiger partial charge in [-0.3, -0.25) is 0 Å². The molecule has 0 amide bonds. The molecule has 1 heterocycles. The average molecular weight is 256 g/mol. The maximum Gasteiger partial charge on any atom is 0.134 e. The molecular formula is C16H20N2O. The summed E-state index contributed by atoms with van der Waals surface area (Å²) in [5.41, 5.74) is 1.04. The van der Waals surface area contributed by atoms with Crippen LogP contribution in [0.25, 0.3) is 10.8 Å². The molecular weight excluding hydrogens is 236 g/mol. The van der Waals surface area contributed by atoms with Gasteiger partial charge in [-0.1, -0.05) is 24.3 Å². The number of aliphatic hydroxyl groups is 1. The van der Waals surface area contributed by atoms with Crippen LogP contribution < -0.4 is 5.32 Å². The van der Waals surface area contributed by atoms with E-state index in [1.807, 2.05) is 6.92 Å². The molecule has 1 aromatic heterocycles. The summed E-state index contributed by atoms with van der Waals surface area (Å²) in [6, 6.07) is 10.9. The van der Waals surface area contributed by atoms with Crippen LogP contribution in [-0.4, -0.2) is 22.2 Å². The van der Waals surface area contributed by atoms with Crippen molar-refractivity contribution in [1.29, 1.82) is 0 Å². The Kier molecular flexibility index (Phi) is 3.38. The third-order valence-corrected chi connectivity index (χ3v) is 3.91. The highest BCUT2D eigenvalue weighted by molar-refractivity contribution is 5.92. The van der Waals surface area contributed by atoms with Gasteiger partial charge in [0.1, 0.15) is 5.82 Å². The smallest absolute Gasteiger partial charge is 0.134 e. The summed E-state index contributed by atoms with van der Waals surface area (Å²) < 4.78 is 0. The molecule has 1 aliphatic rings. The first-order valence-electron chi connectivity index (χ1n) is 7.03. The molecule has 3 heteroatoms. The van der Waals surface area contributed by atoms with Crippen molar-refractivity contribution in [3.05, 3.63) is 36.0 Å². The van der Waals surface area contributed by atoms with E-state index in [1.165, 1.54) is 10.8 Å². The van der Waals surface area contributed by atoms with Crippen molar-refractivity contribution in [2.45, 2.75) is 44.8 Å². The van der Waals surface area contributed by atoms with E-state index >= 15 is 0 Å². The predicted molar refractivity (Wildman–Crippen MR) is 78.4 cm³/mol. The fraction of sp³-hybridized carbons (Fsp3) is 0.438. The summed E-state index contributed by atoms with van der Waals surface area (Å²) in [5, 5.41) is 15.5. The van der Waals surface area contributed by atoms with Crippen LogP contribution in [0.2, 0.25) is 0 Å². The highest BCUT2D eigenvalue weighted by Gasteiger charge is 2.20. The Labute approximate surface area is 113 Å². The molecule has 1 aromatic carbocycles. The number of aliphatic hydroxyl groups excluding tert-OH is 1. The molecule has 1 saturated carbocycles. The number of aryl methyl sites for hydroxylation is 1. The lowest BCUT2D eigenvalue weighted by atomic mass is 9.93. The number of aromatic nitrogens is 1. The molecule has 1 fully saturated rings. The molecule has 2 aromatic rings. The fourth-order valence-electron chi connectivity index (χ4n) is 2.86. The van der Waals surface area contributed by atoms with Gasteiger partial charge in [0.15, 0.2) is 0 Å². The molecule has 3 rings (SSSR count). The second kappa shape index (κ2) is 5.17. The Morgan fingerprint density at radius 2 is 1.89 bits per heavy atom. The van der Waals surface area contributed by atoms with E-state index in [1.54, 1.807) is 0 Å². The molecule has 0 unspecified atom stereocenters. The molecule has 0 radical (unpaired) electrons. The van der Waals surface area contributed by atoms with Crippen LogP contribution in [0.4, 0.5) is 5.82 Å². The summed E-state index contributed by atoms with van der Waals surface area (Å²) in [6.07, 6.45) is 3.71. The Morgan fingerprint density at radius 1 is 1.16 bits per heavy atom. The molecule has 100 valence electrons. The molecule has 3 nitrogen and oxygen atoms in total. The fourth-order valence-corrected chi connectivity index (χ4v) is 2.86. The van der Waals surface area contributed by atoms with Gasteiger partial charge in [0.2, 0.25) is 0 Å². The molecule has 0 saturated heterocycles. The third-order valence-electron chi connectivity index (χ3n) is 3.91. The van der Waals surface area contributed by atoms with Crippen LogP contribution in [0.15, 0.2) is 30.3 Å². The second-order valence-corrected chi connectivity index (χ2v) is 5.48. The summed E-state index contributed by atoms with van der Waals surface area (Å²) in [5.74, 6) is 0.983. The van der Waals surface area contributed by atoms with Crippen LogP contribution in [0, 0.1) is 6.92 Å². The number of nitrogens with one attached hydrogen (secondary N) is 1. The Balaban J connectivity index is 1.88. The lowest BCUT2D eigenvalue weighted by Crippen LogP contribution is -2.28. The molecule has 19 heavy (non-hydrogen) atoms. The zero-order valence-electron chi connectivity index (χ0n) is 11.3. The average Bonchev–Trinajstić information content (AvgIpc) is 2.41. The minimum atomic E-state index is -0.111. The third kappa shape index (κ3) is 2.71. The van der Waals surface area contributed by atoms with Crippen LogP contribution in [0.1, 0.15) is 31.4 Å². The van der Waals surface area contributed by atoms with Crippen molar-refractivity contribution >= 4 is 16.6 Å². The standard InChI is InChI=1S/C16H20N2O/c1-11-10-12-4-2-3-5-15(12)16(17-11)18-13-6-8-14(19)9-7-13/h2-5,10,13-14,19H,6-9H2,1H3,(H,17,18). The van der Waals surface area contributed by atoms with Crippen LogP contribution in [0.5, 0.6) is 0 Å². The number of hydrogen-bond acceptors (Lipinski definition) is 3. The van der Waals surface area contributed by atoms with E-state index < -0.39 is 0 Å². The van der Waals surface area contributed by atoms with Crippen LogP contribution in [0.3, 0.4) is 0 Å². The van der Waals surface area contributed by atoms with Gasteiger partial charge in [0.05, 0.1) is 6.10 Å². The number of pyridine rings is 1. The Bertz CT molecular complexity index is 574. The molecule has 0 aliphatic heterocycles. The van der Waals surface area contributed by atoms with Crippen molar-refractivity contribution in [2.24, 2.45) is 0 Å². The largest absolute Gasteiger partial charge is 0.393 e. The second-order valence-electron chi connectivity index (χ2n) is 5.48. The lowest BCUT2D eigenvalue weighted by Gasteiger charge is -2.27. The van der Waals surface area contributed by atoms with E-state index in [-0.39, 0.29) is 6.10 Å². The molecule has 0 atom stereocenters. The molecule has 1 aliphatic carbocycles. The summed E-state index contributed by atoms with van der Waals surface area (Å²) in [6.45, 7) is 2.03. The number of nitrogens with zero attached hydrogens (tertiary/aromatic N) is 1. The number of rotatable bonds is 2. The molecule has 0 spiro atoms. The normalized spacial score (nSPS) is 23.5. The Hall–Kier alpha value is -1.61. The Morgan fingerprint density at radius 3 is 2.68 bits per heavy atom. The maximum atomic E-state index is 9.57. The minimum absolute atomic E-state index is 0.111. The maximum absolute atomic E-state index is 9.57. The van der Waals surface area contributed by atoms with Gasteiger partial charge in [-0.15, -0.1) is 0 Å². The van der Waals surface area contributed by atoms with Gasteiger partial charge in [-0.2, -0.15) is 0 Å². The van der Waals surface area contributed by atoms with Crippen LogP contribution >= 0.6 is 0 Å². The van der Waals surface area contributed by atoms with Crippen molar-refractivity contribution in [3.63, 3.8) is 0 Å². The van der Waals surface area contributed by atoms with Gasteiger partial charge in [-0.25, -0.2) is 4.98 Å². The highest BCUT2D eigenvalue weighted by Crippen LogP contribution is 2.26. The zero-order chi connectivity index (χ0) is 13.2. The summed E-state index contributed by atoms with van der Waals surface area (Å²) in [4.78, 5) is 4.64. The van der Waals surface area contributed by atoms with Crippen molar-refractivity contribution < 1.29 is 5.11 Å². The van der Waals surface area contributed by atoms with Crippen molar-refractivity contribution in [2.75, 3.05) is 5.32 Å². The highest BCUT2D eigenvalue weighted by atomic mass is 16.3. The summed E-state index contributed by atoms with van der Waals surface area (Å²) >= 11 is 0. The van der Waals surface area contributed by atoms with Crippen LogP contribution in [-0.2, 0) is 0 Å². The van der Waals surface area contributed by atoms with Gasteiger partial charge in [-0.05, 0) is 44.1 Å². The van der Waals surface area contributed by atoms with Crippen molar-refractivity contribution in [3.8, 4) is 0 Å². The van der Waals surface area contributed by atoms with Gasteiger partial charge in [0.25, 0.3) is 0 Å². The first kappa shape index (κ1) is 12.4. The SMILES string of the molecule is Cc1cc2ccccc2c(NC2CCC(O)CC2)n1.